The van der Waals surface area contributed by atoms with Gasteiger partial charge in [0.1, 0.15) is 0 Å². The van der Waals surface area contributed by atoms with E-state index in [1.807, 2.05) is 17.4 Å². The van der Waals surface area contributed by atoms with Gasteiger partial charge in [0.15, 0.2) is 5.82 Å². The SMILES string of the molecule is CC1(c2ccccc2)c2cc(-c3cc(-c4cccc(-c5cccc6sc7ccccc7c56)c4)nc(-c4ccccc4)n3)ccc2-c2c(-c3ccccc3)cccc21. The Kier molecular flexibility index (Phi) is 7.84. The lowest BCUT2D eigenvalue weighted by Gasteiger charge is -2.28. The van der Waals surface area contributed by atoms with Gasteiger partial charge in [0.25, 0.3) is 0 Å². The molecule has 0 bridgehead atoms. The summed E-state index contributed by atoms with van der Waals surface area (Å²) >= 11 is 1.85. The summed E-state index contributed by atoms with van der Waals surface area (Å²) in [7, 11) is 0. The number of hydrogen-bond acceptors (Lipinski definition) is 3. The normalized spacial score (nSPS) is 14.5. The van der Waals surface area contributed by atoms with Crippen LogP contribution in [-0.4, -0.2) is 9.97 Å². The second-order valence-corrected chi connectivity index (χ2v) is 16.1. The molecule has 0 saturated carbocycles. The van der Waals surface area contributed by atoms with Gasteiger partial charge in [-0.05, 0) is 87.3 Å². The molecule has 1 aliphatic rings. The van der Waals surface area contributed by atoms with Crippen molar-refractivity contribution in [2.45, 2.75) is 12.3 Å². The first-order valence-electron chi connectivity index (χ1n) is 19.5. The van der Waals surface area contributed by atoms with E-state index in [2.05, 4.69) is 201 Å². The van der Waals surface area contributed by atoms with E-state index in [0.717, 1.165) is 28.1 Å². The topological polar surface area (TPSA) is 25.8 Å². The van der Waals surface area contributed by atoms with Gasteiger partial charge in [0, 0.05) is 42.3 Å². The van der Waals surface area contributed by atoms with Crippen LogP contribution in [0, 0.1) is 0 Å². The quantitative estimate of drug-likeness (QED) is 0.169. The lowest BCUT2D eigenvalue weighted by Crippen LogP contribution is -2.22. The zero-order valence-electron chi connectivity index (χ0n) is 31.4. The predicted octanol–water partition coefficient (Wildman–Crippen LogP) is 14.5. The Morgan fingerprint density at radius 2 is 1.00 bits per heavy atom. The van der Waals surface area contributed by atoms with Crippen LogP contribution in [0.25, 0.3) is 87.5 Å². The molecule has 1 unspecified atom stereocenters. The van der Waals surface area contributed by atoms with Crippen molar-refractivity contribution >= 4 is 31.5 Å². The number of rotatable bonds is 6. The molecule has 1 aliphatic carbocycles. The smallest absolute Gasteiger partial charge is 0.160 e. The minimum atomic E-state index is -0.369. The maximum absolute atomic E-state index is 5.30. The van der Waals surface area contributed by atoms with Crippen LogP contribution in [0.1, 0.15) is 23.6 Å². The van der Waals surface area contributed by atoms with Crippen molar-refractivity contribution in [3.63, 3.8) is 0 Å². The third-order valence-electron chi connectivity index (χ3n) is 11.8. The minimum Gasteiger partial charge on any atom is -0.228 e. The Morgan fingerprint density at radius 1 is 0.404 bits per heavy atom. The second kappa shape index (κ2) is 13.4. The molecular formula is C54H36N2S. The van der Waals surface area contributed by atoms with Gasteiger partial charge in [0.05, 0.1) is 11.4 Å². The van der Waals surface area contributed by atoms with Gasteiger partial charge in [-0.15, -0.1) is 11.3 Å². The van der Waals surface area contributed by atoms with Crippen LogP contribution in [0.4, 0.5) is 0 Å². The first kappa shape index (κ1) is 33.4. The number of thiophene rings is 1. The Morgan fingerprint density at radius 3 is 1.79 bits per heavy atom. The largest absolute Gasteiger partial charge is 0.228 e. The highest BCUT2D eigenvalue weighted by molar-refractivity contribution is 7.25. The zero-order valence-corrected chi connectivity index (χ0v) is 32.2. The molecule has 268 valence electrons. The monoisotopic (exact) mass is 744 g/mol. The van der Waals surface area contributed by atoms with Crippen LogP contribution in [0.5, 0.6) is 0 Å². The molecular weight excluding hydrogens is 709 g/mol. The Bertz CT molecular complexity index is 3130. The van der Waals surface area contributed by atoms with Crippen LogP contribution in [0.3, 0.4) is 0 Å². The van der Waals surface area contributed by atoms with E-state index in [9.17, 15) is 0 Å². The Hall–Kier alpha value is -6.94. The van der Waals surface area contributed by atoms with E-state index < -0.39 is 0 Å². The number of fused-ring (bicyclic) bond motifs is 6. The van der Waals surface area contributed by atoms with Crippen molar-refractivity contribution in [3.05, 3.63) is 217 Å². The first-order chi connectivity index (χ1) is 28.1. The summed E-state index contributed by atoms with van der Waals surface area (Å²) in [5.41, 5.74) is 15.8. The van der Waals surface area contributed by atoms with E-state index in [0.29, 0.717) is 5.82 Å². The summed E-state index contributed by atoms with van der Waals surface area (Å²) in [6.45, 7) is 2.38. The van der Waals surface area contributed by atoms with Crippen molar-refractivity contribution in [3.8, 4) is 67.3 Å². The van der Waals surface area contributed by atoms with Crippen molar-refractivity contribution in [1.29, 1.82) is 0 Å². The van der Waals surface area contributed by atoms with Gasteiger partial charge in [-0.1, -0.05) is 170 Å². The maximum Gasteiger partial charge on any atom is 0.160 e. The zero-order chi connectivity index (χ0) is 37.9. The average Bonchev–Trinajstić information content (AvgIpc) is 3.80. The predicted molar refractivity (Wildman–Crippen MR) is 240 cm³/mol. The van der Waals surface area contributed by atoms with Gasteiger partial charge < -0.3 is 0 Å². The van der Waals surface area contributed by atoms with Crippen molar-refractivity contribution in [2.75, 3.05) is 0 Å². The summed E-state index contributed by atoms with van der Waals surface area (Å²) < 4.78 is 2.60. The fourth-order valence-electron chi connectivity index (χ4n) is 9.00. The molecule has 11 rings (SSSR count). The fraction of sp³-hybridized carbons (Fsp3) is 0.0370. The molecule has 2 nitrogen and oxygen atoms in total. The number of nitrogens with zero attached hydrogens (tertiary/aromatic N) is 2. The van der Waals surface area contributed by atoms with E-state index in [1.54, 1.807) is 0 Å². The summed E-state index contributed by atoms with van der Waals surface area (Å²) in [5, 5.41) is 2.60. The van der Waals surface area contributed by atoms with Crippen LogP contribution in [0.15, 0.2) is 200 Å². The van der Waals surface area contributed by atoms with Gasteiger partial charge in [0.2, 0.25) is 0 Å². The third kappa shape index (κ3) is 5.46. The molecule has 0 N–H and O–H groups in total. The van der Waals surface area contributed by atoms with Crippen LogP contribution < -0.4 is 0 Å². The molecule has 0 radical (unpaired) electrons. The highest BCUT2D eigenvalue weighted by Crippen LogP contribution is 2.56. The molecule has 0 spiro atoms. The van der Waals surface area contributed by atoms with Crippen LogP contribution >= 0.6 is 11.3 Å². The summed E-state index contributed by atoms with van der Waals surface area (Å²) in [5.74, 6) is 0.709. The summed E-state index contributed by atoms with van der Waals surface area (Å²) in [6.07, 6.45) is 0. The molecule has 57 heavy (non-hydrogen) atoms. The molecule has 0 amide bonds. The van der Waals surface area contributed by atoms with E-state index in [4.69, 9.17) is 9.97 Å². The molecule has 3 heteroatoms. The molecule has 0 fully saturated rings. The highest BCUT2D eigenvalue weighted by Gasteiger charge is 2.42. The van der Waals surface area contributed by atoms with E-state index >= 15 is 0 Å². The Labute approximate surface area is 336 Å². The number of aromatic nitrogens is 2. The lowest BCUT2D eigenvalue weighted by atomic mass is 9.73. The standard InChI is InChI=1S/C54H36N2S/c1-54(40-22-9-4-10-23-40)45-27-14-25-41(35-16-5-2-6-17-35)51(45)43-31-30-39(33-46(43)54)48-34-47(55-53(56-48)36-18-7-3-8-19-36)38-21-13-20-37(32-38)42-26-15-29-50-52(42)44-24-11-12-28-49(44)57-50/h2-34H,1H3. The molecule has 0 aliphatic heterocycles. The molecule has 1 atom stereocenters. The molecule has 0 saturated heterocycles. The first-order valence-corrected chi connectivity index (χ1v) is 20.3. The van der Waals surface area contributed by atoms with E-state index in [-0.39, 0.29) is 5.41 Å². The molecule has 8 aromatic carbocycles. The van der Waals surface area contributed by atoms with Gasteiger partial charge in [-0.3, -0.25) is 0 Å². The van der Waals surface area contributed by atoms with Crippen molar-refractivity contribution in [2.24, 2.45) is 0 Å². The second-order valence-electron chi connectivity index (χ2n) is 15.0. The summed E-state index contributed by atoms with van der Waals surface area (Å²) in [4.78, 5) is 10.6. The number of benzene rings is 8. The van der Waals surface area contributed by atoms with Crippen LogP contribution in [0.2, 0.25) is 0 Å². The highest BCUT2D eigenvalue weighted by atomic mass is 32.1. The minimum absolute atomic E-state index is 0.369. The maximum atomic E-state index is 5.30. The fourth-order valence-corrected chi connectivity index (χ4v) is 10.1. The van der Waals surface area contributed by atoms with Gasteiger partial charge in [-0.25, -0.2) is 9.97 Å². The number of hydrogen-bond donors (Lipinski definition) is 0. The van der Waals surface area contributed by atoms with Gasteiger partial charge >= 0.3 is 0 Å². The van der Waals surface area contributed by atoms with Crippen LogP contribution in [-0.2, 0) is 5.41 Å². The summed E-state index contributed by atoms with van der Waals surface area (Å²) in [6, 6.07) is 72.2. The lowest BCUT2D eigenvalue weighted by molar-refractivity contribution is 0.714. The van der Waals surface area contributed by atoms with Gasteiger partial charge in [-0.2, -0.15) is 0 Å². The molecule has 2 aromatic heterocycles. The average molecular weight is 745 g/mol. The van der Waals surface area contributed by atoms with Crippen molar-refractivity contribution < 1.29 is 0 Å². The molecule has 10 aromatic rings. The third-order valence-corrected chi connectivity index (χ3v) is 12.9. The molecule has 2 heterocycles. The Balaban J connectivity index is 1.10. The van der Waals surface area contributed by atoms with E-state index in [1.165, 1.54) is 70.2 Å². The van der Waals surface area contributed by atoms with Crippen molar-refractivity contribution in [1.82, 2.24) is 9.97 Å².